The molecule has 19 heavy (non-hydrogen) atoms. The molecule has 0 saturated heterocycles. The van der Waals surface area contributed by atoms with E-state index in [0.717, 1.165) is 12.0 Å². The molecule has 0 radical (unpaired) electrons. The highest BCUT2D eigenvalue weighted by Crippen LogP contribution is 2.26. The summed E-state index contributed by atoms with van der Waals surface area (Å²) in [6.45, 7) is 5.02. The molecule has 1 unspecified atom stereocenters. The molecule has 1 heterocycles. The van der Waals surface area contributed by atoms with E-state index in [1.54, 1.807) is 19.2 Å². The Morgan fingerprint density at radius 1 is 1.47 bits per heavy atom. The minimum Gasteiger partial charge on any atom is -0.508 e. The van der Waals surface area contributed by atoms with Gasteiger partial charge in [0, 0.05) is 20.2 Å². The summed E-state index contributed by atoms with van der Waals surface area (Å²) in [5.41, 5.74) is 1.47. The average Bonchev–Trinajstić information content (AvgIpc) is 2.44. The van der Waals surface area contributed by atoms with Gasteiger partial charge in [-0.15, -0.1) is 0 Å². The molecule has 0 bridgehead atoms. The summed E-state index contributed by atoms with van der Waals surface area (Å²) in [5, 5.41) is 9.54. The van der Waals surface area contributed by atoms with Gasteiger partial charge in [-0.05, 0) is 43.0 Å². The number of phenols is 1. The van der Waals surface area contributed by atoms with Crippen LogP contribution in [-0.2, 0) is 22.5 Å². The molecular formula is C15H21NO3. The molecule has 1 aromatic rings. The fourth-order valence-corrected chi connectivity index (χ4v) is 2.43. The van der Waals surface area contributed by atoms with Crippen LogP contribution in [0.15, 0.2) is 18.2 Å². The van der Waals surface area contributed by atoms with E-state index < -0.39 is 5.60 Å². The predicted molar refractivity (Wildman–Crippen MR) is 72.9 cm³/mol. The van der Waals surface area contributed by atoms with Crippen molar-refractivity contribution >= 4 is 5.91 Å². The minimum absolute atomic E-state index is 0.0199. The zero-order valence-electron chi connectivity index (χ0n) is 11.8. The number of methoxy groups -OCH3 is 1. The van der Waals surface area contributed by atoms with Gasteiger partial charge in [-0.1, -0.05) is 13.0 Å². The first-order valence-corrected chi connectivity index (χ1v) is 6.65. The van der Waals surface area contributed by atoms with Crippen molar-refractivity contribution in [2.75, 3.05) is 13.7 Å². The lowest BCUT2D eigenvalue weighted by Gasteiger charge is -2.35. The topological polar surface area (TPSA) is 49.8 Å². The van der Waals surface area contributed by atoms with E-state index in [4.69, 9.17) is 4.74 Å². The number of carbonyl (C=O) groups is 1. The van der Waals surface area contributed by atoms with Crippen molar-refractivity contribution < 1.29 is 14.6 Å². The predicted octanol–water partition coefficient (Wildman–Crippen LogP) is 2.09. The number of hydrogen-bond acceptors (Lipinski definition) is 3. The summed E-state index contributed by atoms with van der Waals surface area (Å²) in [4.78, 5) is 14.3. The van der Waals surface area contributed by atoms with Crippen LogP contribution in [0.1, 0.15) is 31.4 Å². The molecule has 4 nitrogen and oxygen atoms in total. The van der Waals surface area contributed by atoms with Crippen LogP contribution in [0.5, 0.6) is 5.75 Å². The smallest absolute Gasteiger partial charge is 0.254 e. The first-order chi connectivity index (χ1) is 9.00. The lowest BCUT2D eigenvalue weighted by Crippen LogP contribution is -2.49. The molecule has 0 aromatic heterocycles. The zero-order chi connectivity index (χ0) is 14.0. The van der Waals surface area contributed by atoms with Crippen LogP contribution in [0.3, 0.4) is 0 Å². The number of phenolic OH excluding ortho intramolecular Hbond substituents is 1. The highest BCUT2D eigenvalue weighted by Gasteiger charge is 2.36. The molecule has 1 N–H and O–H groups in total. The summed E-state index contributed by atoms with van der Waals surface area (Å²) in [6, 6.07) is 5.37. The van der Waals surface area contributed by atoms with E-state index in [-0.39, 0.29) is 11.7 Å². The number of rotatable bonds is 3. The van der Waals surface area contributed by atoms with E-state index in [9.17, 15) is 9.90 Å². The van der Waals surface area contributed by atoms with E-state index >= 15 is 0 Å². The van der Waals surface area contributed by atoms with Gasteiger partial charge in [-0.3, -0.25) is 4.79 Å². The average molecular weight is 263 g/mol. The molecule has 0 aliphatic carbocycles. The van der Waals surface area contributed by atoms with Crippen LogP contribution < -0.4 is 0 Å². The summed E-state index contributed by atoms with van der Waals surface area (Å²) in [6.07, 6.45) is 1.47. The molecule has 0 saturated carbocycles. The second-order valence-electron chi connectivity index (χ2n) is 5.22. The van der Waals surface area contributed by atoms with E-state index in [2.05, 4.69) is 0 Å². The summed E-state index contributed by atoms with van der Waals surface area (Å²) >= 11 is 0. The Balaban J connectivity index is 2.20. The lowest BCUT2D eigenvalue weighted by atomic mass is 9.96. The number of aromatic hydroxyl groups is 1. The maximum absolute atomic E-state index is 12.5. The Morgan fingerprint density at radius 2 is 2.21 bits per heavy atom. The highest BCUT2D eigenvalue weighted by molar-refractivity contribution is 5.85. The van der Waals surface area contributed by atoms with Crippen molar-refractivity contribution in [3.63, 3.8) is 0 Å². The van der Waals surface area contributed by atoms with Crippen molar-refractivity contribution in [3.8, 4) is 5.75 Å². The third-order valence-corrected chi connectivity index (χ3v) is 4.07. The SMILES string of the molecule is CCC(C)(OC)C(=O)N1CCc2ccc(O)cc2C1. The molecule has 2 rings (SSSR count). The number of fused-ring (bicyclic) bond motifs is 1. The molecule has 4 heteroatoms. The fraction of sp³-hybridized carbons (Fsp3) is 0.533. The van der Waals surface area contributed by atoms with Crippen molar-refractivity contribution in [1.82, 2.24) is 4.90 Å². The van der Waals surface area contributed by atoms with Crippen LogP contribution in [0.25, 0.3) is 0 Å². The zero-order valence-corrected chi connectivity index (χ0v) is 11.8. The molecule has 1 aromatic carbocycles. The van der Waals surface area contributed by atoms with E-state index in [0.29, 0.717) is 19.5 Å². The van der Waals surface area contributed by atoms with Gasteiger partial charge < -0.3 is 14.7 Å². The number of benzene rings is 1. The Labute approximate surface area is 114 Å². The first-order valence-electron chi connectivity index (χ1n) is 6.65. The van der Waals surface area contributed by atoms with Crippen LogP contribution in [0, 0.1) is 0 Å². The van der Waals surface area contributed by atoms with Gasteiger partial charge in [0.25, 0.3) is 5.91 Å². The first kappa shape index (κ1) is 13.9. The van der Waals surface area contributed by atoms with Gasteiger partial charge in [-0.2, -0.15) is 0 Å². The van der Waals surface area contributed by atoms with Crippen LogP contribution in [-0.4, -0.2) is 35.2 Å². The van der Waals surface area contributed by atoms with Crippen LogP contribution in [0.4, 0.5) is 0 Å². The number of carbonyl (C=O) groups excluding carboxylic acids is 1. The maximum atomic E-state index is 12.5. The van der Waals surface area contributed by atoms with Gasteiger partial charge in [0.1, 0.15) is 11.4 Å². The number of hydrogen-bond donors (Lipinski definition) is 1. The molecule has 0 fully saturated rings. The maximum Gasteiger partial charge on any atom is 0.254 e. The highest BCUT2D eigenvalue weighted by atomic mass is 16.5. The molecule has 0 spiro atoms. The van der Waals surface area contributed by atoms with Crippen LogP contribution in [0.2, 0.25) is 0 Å². The Kier molecular flexibility index (Phi) is 3.80. The third-order valence-electron chi connectivity index (χ3n) is 4.07. The Morgan fingerprint density at radius 3 is 2.84 bits per heavy atom. The summed E-state index contributed by atoms with van der Waals surface area (Å²) < 4.78 is 5.37. The van der Waals surface area contributed by atoms with E-state index in [1.165, 1.54) is 5.56 Å². The third kappa shape index (κ3) is 2.59. The van der Waals surface area contributed by atoms with Crippen molar-refractivity contribution in [1.29, 1.82) is 0 Å². The summed E-state index contributed by atoms with van der Waals surface area (Å²) in [5.74, 6) is 0.268. The second-order valence-corrected chi connectivity index (χ2v) is 5.22. The quantitative estimate of drug-likeness (QED) is 0.908. The minimum atomic E-state index is -0.756. The standard InChI is InChI=1S/C15H21NO3/c1-4-15(2,19-3)14(18)16-8-7-11-5-6-13(17)9-12(11)10-16/h5-6,9,17H,4,7-8,10H2,1-3H3. The molecule has 1 atom stereocenters. The number of ether oxygens (including phenoxy) is 1. The molecule has 1 aliphatic rings. The van der Waals surface area contributed by atoms with Gasteiger partial charge in [0.2, 0.25) is 0 Å². The lowest BCUT2D eigenvalue weighted by molar-refractivity contribution is -0.154. The van der Waals surface area contributed by atoms with Crippen LogP contribution >= 0.6 is 0 Å². The largest absolute Gasteiger partial charge is 0.508 e. The van der Waals surface area contributed by atoms with Gasteiger partial charge in [0.05, 0.1) is 0 Å². The second kappa shape index (κ2) is 5.21. The van der Waals surface area contributed by atoms with Crippen molar-refractivity contribution in [3.05, 3.63) is 29.3 Å². The number of nitrogens with zero attached hydrogens (tertiary/aromatic N) is 1. The van der Waals surface area contributed by atoms with Gasteiger partial charge >= 0.3 is 0 Å². The fourth-order valence-electron chi connectivity index (χ4n) is 2.43. The Hall–Kier alpha value is -1.55. The number of amides is 1. The van der Waals surface area contributed by atoms with Gasteiger partial charge in [0.15, 0.2) is 0 Å². The van der Waals surface area contributed by atoms with Crippen molar-refractivity contribution in [2.24, 2.45) is 0 Å². The summed E-state index contributed by atoms with van der Waals surface area (Å²) in [7, 11) is 1.57. The molecule has 1 aliphatic heterocycles. The molecular weight excluding hydrogens is 242 g/mol. The van der Waals surface area contributed by atoms with Gasteiger partial charge in [-0.25, -0.2) is 0 Å². The normalized spacial score (nSPS) is 17.7. The molecule has 1 amide bonds. The van der Waals surface area contributed by atoms with E-state index in [1.807, 2.05) is 24.8 Å². The monoisotopic (exact) mass is 263 g/mol. The van der Waals surface area contributed by atoms with Crippen molar-refractivity contribution in [2.45, 2.75) is 38.8 Å². The Bertz CT molecular complexity index is 480. The molecule has 104 valence electrons.